The maximum atomic E-state index is 5.65. The van der Waals surface area contributed by atoms with Gasteiger partial charge in [-0.1, -0.05) is 43.7 Å². The number of rotatable bonds is 10. The lowest BCUT2D eigenvalue weighted by Crippen LogP contribution is -2.45. The molecule has 0 atom stereocenters. The van der Waals surface area contributed by atoms with Crippen LogP contribution in [-0.4, -0.2) is 53.9 Å². The third-order valence-electron chi connectivity index (χ3n) is 2.89. The van der Waals surface area contributed by atoms with Crippen molar-refractivity contribution in [3.63, 3.8) is 0 Å². The summed E-state index contributed by atoms with van der Waals surface area (Å²) in [5, 5.41) is 5.87. The molecule has 0 aliphatic rings. The van der Waals surface area contributed by atoms with E-state index in [1.165, 1.54) is 0 Å². The number of hydrogen-bond acceptors (Lipinski definition) is 5. The predicted octanol–water partition coefficient (Wildman–Crippen LogP) is 4.03. The highest BCUT2D eigenvalue weighted by atomic mass is 28.4. The van der Waals surface area contributed by atoms with Gasteiger partial charge in [-0.15, -0.1) is 0 Å². The Morgan fingerprint density at radius 2 is 1.42 bits per heavy atom. The van der Waals surface area contributed by atoms with Crippen molar-refractivity contribution in [2.45, 2.75) is 40.2 Å². The molecule has 0 unspecified atom stereocenters. The fourth-order valence-electron chi connectivity index (χ4n) is 2.03. The molecule has 24 heavy (non-hydrogen) atoms. The van der Waals surface area contributed by atoms with Crippen LogP contribution in [0.2, 0.25) is 6.04 Å². The summed E-state index contributed by atoms with van der Waals surface area (Å²) in [4.78, 5) is 0. The van der Waals surface area contributed by atoms with Gasteiger partial charge in [0.15, 0.2) is 0 Å². The van der Waals surface area contributed by atoms with Crippen molar-refractivity contribution >= 4 is 15.0 Å². The Bertz CT molecular complexity index is 398. The molecule has 138 valence electrons. The third-order valence-corrected chi connectivity index (χ3v) is 6.18. The zero-order chi connectivity index (χ0) is 18.3. The first-order valence-corrected chi connectivity index (χ1v) is 10.6. The highest BCUT2D eigenvalue weighted by Gasteiger charge is 2.38. The quantitative estimate of drug-likeness (QED) is 0.361. The van der Waals surface area contributed by atoms with Gasteiger partial charge in [0.1, 0.15) is 0 Å². The van der Waals surface area contributed by atoms with E-state index in [0.717, 1.165) is 18.0 Å². The molecule has 0 radical (unpaired) electrons. The van der Waals surface area contributed by atoms with Crippen LogP contribution < -0.4 is 0 Å². The van der Waals surface area contributed by atoms with Crippen molar-refractivity contribution in [2.75, 3.05) is 33.9 Å². The molecule has 0 saturated carbocycles. The molecule has 0 heterocycles. The summed E-state index contributed by atoms with van der Waals surface area (Å²) >= 11 is 0. The first-order valence-electron chi connectivity index (χ1n) is 8.71. The van der Waals surface area contributed by atoms with Crippen LogP contribution >= 0.6 is 0 Å². The van der Waals surface area contributed by atoms with Crippen LogP contribution in [0.15, 0.2) is 35.4 Å². The molecular weight excluding hydrogens is 320 g/mol. The summed E-state index contributed by atoms with van der Waals surface area (Å²) in [6, 6.07) is 10.9. The molecule has 6 heteroatoms. The molecule has 5 nitrogen and oxygen atoms in total. The SMILES string of the molecule is CCC[Si](OCC)(OCC)OCC.CN(C)N=Cc1ccccc1. The van der Waals surface area contributed by atoms with E-state index in [0.29, 0.717) is 19.8 Å². The summed E-state index contributed by atoms with van der Waals surface area (Å²) < 4.78 is 16.9. The lowest BCUT2D eigenvalue weighted by Gasteiger charge is -2.27. The molecule has 1 aromatic rings. The zero-order valence-corrected chi connectivity index (χ0v) is 17.1. The van der Waals surface area contributed by atoms with Crippen LogP contribution in [0.5, 0.6) is 0 Å². The first-order chi connectivity index (χ1) is 11.5. The van der Waals surface area contributed by atoms with E-state index < -0.39 is 8.80 Å². The van der Waals surface area contributed by atoms with Crippen molar-refractivity contribution < 1.29 is 13.3 Å². The van der Waals surface area contributed by atoms with E-state index in [1.54, 1.807) is 5.01 Å². The Morgan fingerprint density at radius 3 is 1.79 bits per heavy atom. The van der Waals surface area contributed by atoms with Crippen molar-refractivity contribution in [1.82, 2.24) is 5.01 Å². The minimum absolute atomic E-state index is 0.673. The van der Waals surface area contributed by atoms with Crippen molar-refractivity contribution in [2.24, 2.45) is 5.10 Å². The fourth-order valence-corrected chi connectivity index (χ4v) is 4.64. The van der Waals surface area contributed by atoms with E-state index in [2.05, 4.69) is 12.0 Å². The van der Waals surface area contributed by atoms with Gasteiger partial charge in [0.25, 0.3) is 0 Å². The lowest BCUT2D eigenvalue weighted by atomic mass is 10.2. The number of hydrazone groups is 1. The minimum atomic E-state index is -2.30. The second kappa shape index (κ2) is 14.2. The highest BCUT2D eigenvalue weighted by molar-refractivity contribution is 6.60. The van der Waals surface area contributed by atoms with Crippen LogP contribution in [0.4, 0.5) is 0 Å². The van der Waals surface area contributed by atoms with Crippen LogP contribution in [0, 0.1) is 0 Å². The molecular formula is C18H34N2O3Si. The first kappa shape index (κ1) is 22.8. The maximum absolute atomic E-state index is 5.65. The zero-order valence-electron chi connectivity index (χ0n) is 16.1. The molecule has 0 amide bonds. The Kier molecular flexibility index (Phi) is 13.4. The maximum Gasteiger partial charge on any atom is 0.500 e. The predicted molar refractivity (Wildman–Crippen MR) is 103 cm³/mol. The van der Waals surface area contributed by atoms with Gasteiger partial charge in [-0.2, -0.15) is 5.10 Å². The largest absolute Gasteiger partial charge is 0.500 e. The van der Waals surface area contributed by atoms with Crippen molar-refractivity contribution in [3.8, 4) is 0 Å². The van der Waals surface area contributed by atoms with Crippen LogP contribution in [0.3, 0.4) is 0 Å². The van der Waals surface area contributed by atoms with Gasteiger partial charge in [-0.25, -0.2) is 0 Å². The summed E-state index contributed by atoms with van der Waals surface area (Å²) in [5.74, 6) is 0. The molecule has 0 N–H and O–H groups in total. The van der Waals surface area contributed by atoms with Crippen LogP contribution in [0.1, 0.15) is 39.7 Å². The van der Waals surface area contributed by atoms with Gasteiger partial charge in [-0.05, 0) is 26.3 Å². The summed E-state index contributed by atoms with van der Waals surface area (Å²) in [7, 11) is 1.51. The van der Waals surface area contributed by atoms with Crippen molar-refractivity contribution in [3.05, 3.63) is 35.9 Å². The lowest BCUT2D eigenvalue weighted by molar-refractivity contribution is 0.0712. The van der Waals surface area contributed by atoms with E-state index >= 15 is 0 Å². The highest BCUT2D eigenvalue weighted by Crippen LogP contribution is 2.17. The number of benzene rings is 1. The topological polar surface area (TPSA) is 43.3 Å². The smallest absolute Gasteiger partial charge is 0.374 e. The number of hydrogen-bond donors (Lipinski definition) is 0. The minimum Gasteiger partial charge on any atom is -0.374 e. The monoisotopic (exact) mass is 354 g/mol. The van der Waals surface area contributed by atoms with Crippen molar-refractivity contribution in [1.29, 1.82) is 0 Å². The molecule has 0 aliphatic carbocycles. The normalized spacial score (nSPS) is 11.2. The van der Waals surface area contributed by atoms with E-state index in [-0.39, 0.29) is 0 Å². The molecule has 0 bridgehead atoms. The second-order valence-corrected chi connectivity index (χ2v) is 7.97. The molecule has 0 spiro atoms. The van der Waals surface area contributed by atoms with Gasteiger partial charge in [0, 0.05) is 40.0 Å². The summed E-state index contributed by atoms with van der Waals surface area (Å²) in [6.45, 7) is 10.1. The Morgan fingerprint density at radius 1 is 0.917 bits per heavy atom. The molecule has 1 rings (SSSR count). The van der Waals surface area contributed by atoms with Crippen LogP contribution in [0.25, 0.3) is 0 Å². The fraction of sp³-hybridized carbons (Fsp3) is 0.611. The van der Waals surface area contributed by atoms with Gasteiger partial charge in [0.2, 0.25) is 0 Å². The second-order valence-electron chi connectivity index (χ2n) is 5.23. The molecule has 0 saturated heterocycles. The Hall–Kier alpha value is -1.21. The Balaban J connectivity index is 0.000000446. The standard InChI is InChI=1S/C9H12N2.C9H22O3Si/c1-11(2)10-8-9-6-4-3-5-7-9;1-5-9-13(10-6-2,11-7-3)12-8-4/h3-8H,1-2H3;5-9H2,1-4H3. The van der Waals surface area contributed by atoms with Crippen LogP contribution in [-0.2, 0) is 13.3 Å². The number of nitrogens with zero attached hydrogens (tertiary/aromatic N) is 2. The molecule has 1 aromatic carbocycles. The van der Waals surface area contributed by atoms with Gasteiger partial charge < -0.3 is 18.3 Å². The summed E-state index contributed by atoms with van der Waals surface area (Å²) in [5.41, 5.74) is 1.13. The average molecular weight is 355 g/mol. The van der Waals surface area contributed by atoms with Gasteiger partial charge >= 0.3 is 8.80 Å². The average Bonchev–Trinajstić information content (AvgIpc) is 2.55. The van der Waals surface area contributed by atoms with E-state index in [9.17, 15) is 0 Å². The van der Waals surface area contributed by atoms with Gasteiger partial charge in [0.05, 0.1) is 6.21 Å². The molecule has 0 fully saturated rings. The molecule has 0 aromatic heterocycles. The molecule has 0 aliphatic heterocycles. The Labute approximate surface area is 149 Å². The van der Waals surface area contributed by atoms with E-state index in [1.807, 2.05) is 71.4 Å². The summed E-state index contributed by atoms with van der Waals surface area (Å²) in [6.07, 6.45) is 2.88. The van der Waals surface area contributed by atoms with Gasteiger partial charge in [-0.3, -0.25) is 0 Å². The van der Waals surface area contributed by atoms with E-state index in [4.69, 9.17) is 13.3 Å². The third kappa shape index (κ3) is 10.5.